The fraction of sp³-hybridized carbons (Fsp3) is 0.667. The van der Waals surface area contributed by atoms with E-state index in [1.165, 1.54) is 12.4 Å². The van der Waals surface area contributed by atoms with E-state index in [1.54, 1.807) is 4.68 Å². The van der Waals surface area contributed by atoms with E-state index in [0.29, 0.717) is 0 Å². The van der Waals surface area contributed by atoms with Gasteiger partial charge in [-0.3, -0.25) is 19.6 Å². The minimum Gasteiger partial charge on any atom is -0.342 e. The van der Waals surface area contributed by atoms with E-state index < -0.39 is 4.92 Å². The minimum atomic E-state index is -0.435. The number of hydrogen-bond acceptors (Lipinski definition) is 4. The van der Waals surface area contributed by atoms with Crippen molar-refractivity contribution in [1.82, 2.24) is 14.7 Å². The van der Waals surface area contributed by atoms with Crippen LogP contribution in [0.2, 0.25) is 0 Å². The molecule has 1 saturated heterocycles. The third kappa shape index (κ3) is 2.45. The molecule has 0 bridgehead atoms. The lowest BCUT2D eigenvalue weighted by molar-refractivity contribution is -0.385. The number of nitrogens with zero attached hydrogens (tertiary/aromatic N) is 4. The van der Waals surface area contributed by atoms with Gasteiger partial charge in [0, 0.05) is 19.0 Å². The lowest BCUT2D eigenvalue weighted by atomic mass is 10.0. The molecule has 7 heteroatoms. The number of likely N-dealkylation sites (tertiary alicyclic amines) is 1. The van der Waals surface area contributed by atoms with Gasteiger partial charge in [0.05, 0.1) is 11.0 Å². The van der Waals surface area contributed by atoms with Crippen LogP contribution >= 0.6 is 0 Å². The van der Waals surface area contributed by atoms with Gasteiger partial charge in [-0.25, -0.2) is 0 Å². The zero-order chi connectivity index (χ0) is 13.4. The van der Waals surface area contributed by atoms with E-state index in [-0.39, 0.29) is 23.6 Å². The van der Waals surface area contributed by atoms with Crippen molar-refractivity contribution < 1.29 is 9.72 Å². The molecule has 1 saturated carbocycles. The molecule has 2 heterocycles. The van der Waals surface area contributed by atoms with E-state index >= 15 is 0 Å². The van der Waals surface area contributed by atoms with Crippen LogP contribution in [0, 0.1) is 16.0 Å². The molecule has 2 fully saturated rings. The zero-order valence-electron chi connectivity index (χ0n) is 10.6. The maximum absolute atomic E-state index is 11.9. The zero-order valence-corrected chi connectivity index (χ0v) is 10.6. The third-order valence-corrected chi connectivity index (χ3v) is 3.88. The van der Waals surface area contributed by atoms with E-state index in [9.17, 15) is 14.9 Å². The Kier molecular flexibility index (Phi) is 2.96. The summed E-state index contributed by atoms with van der Waals surface area (Å²) in [7, 11) is 0. The van der Waals surface area contributed by atoms with Crippen molar-refractivity contribution >= 4 is 11.6 Å². The summed E-state index contributed by atoms with van der Waals surface area (Å²) in [5.41, 5.74) is 0.0245. The first-order valence-corrected chi connectivity index (χ1v) is 6.62. The van der Waals surface area contributed by atoms with Crippen LogP contribution in [0.25, 0.3) is 0 Å². The largest absolute Gasteiger partial charge is 0.342 e. The summed E-state index contributed by atoms with van der Waals surface area (Å²) in [5.74, 6) is 0.548. The van der Waals surface area contributed by atoms with Crippen LogP contribution < -0.4 is 0 Å². The van der Waals surface area contributed by atoms with Crippen molar-refractivity contribution in [3.05, 3.63) is 22.5 Å². The molecular weight excluding hydrogens is 248 g/mol. The van der Waals surface area contributed by atoms with Gasteiger partial charge in [-0.1, -0.05) is 0 Å². The fourth-order valence-corrected chi connectivity index (χ4v) is 2.56. The first-order valence-electron chi connectivity index (χ1n) is 6.62. The van der Waals surface area contributed by atoms with Crippen LogP contribution in [-0.2, 0) is 4.79 Å². The molecule has 0 atom stereocenters. The summed E-state index contributed by atoms with van der Waals surface area (Å²) >= 11 is 0. The van der Waals surface area contributed by atoms with Gasteiger partial charge in [-0.2, -0.15) is 5.10 Å². The maximum atomic E-state index is 11.9. The van der Waals surface area contributed by atoms with E-state index in [0.717, 1.165) is 38.8 Å². The topological polar surface area (TPSA) is 81.3 Å². The van der Waals surface area contributed by atoms with Crippen LogP contribution in [-0.4, -0.2) is 38.6 Å². The summed E-state index contributed by atoms with van der Waals surface area (Å²) in [5, 5.41) is 14.7. The van der Waals surface area contributed by atoms with Gasteiger partial charge >= 0.3 is 5.69 Å². The highest BCUT2D eigenvalue weighted by Crippen LogP contribution is 2.33. The van der Waals surface area contributed by atoms with Crippen molar-refractivity contribution in [2.75, 3.05) is 13.1 Å². The molecule has 102 valence electrons. The van der Waals surface area contributed by atoms with Gasteiger partial charge < -0.3 is 4.90 Å². The van der Waals surface area contributed by atoms with Crippen LogP contribution in [0.1, 0.15) is 31.7 Å². The lowest BCUT2D eigenvalue weighted by Crippen LogP contribution is -2.39. The molecule has 1 aromatic heterocycles. The number of piperidine rings is 1. The smallest absolute Gasteiger partial charge is 0.307 e. The lowest BCUT2D eigenvalue weighted by Gasteiger charge is -2.32. The summed E-state index contributed by atoms with van der Waals surface area (Å²) < 4.78 is 1.66. The summed E-state index contributed by atoms with van der Waals surface area (Å²) in [4.78, 5) is 24.0. The number of amides is 1. The second-order valence-corrected chi connectivity index (χ2v) is 5.27. The number of rotatable bonds is 3. The molecule has 0 aromatic carbocycles. The Hall–Kier alpha value is -1.92. The fourth-order valence-electron chi connectivity index (χ4n) is 2.56. The first-order chi connectivity index (χ1) is 9.15. The molecular formula is C12H16N4O3. The molecule has 1 aliphatic carbocycles. The van der Waals surface area contributed by atoms with Crippen molar-refractivity contribution in [2.45, 2.75) is 31.7 Å². The average Bonchev–Trinajstić information content (AvgIpc) is 3.14. The molecule has 1 amide bonds. The number of nitro groups is 1. The molecule has 3 rings (SSSR count). The highest BCUT2D eigenvalue weighted by atomic mass is 16.6. The number of aromatic nitrogens is 2. The van der Waals surface area contributed by atoms with E-state index in [2.05, 4.69) is 5.10 Å². The predicted octanol–water partition coefficient (Wildman–Crippen LogP) is 1.36. The number of hydrogen-bond donors (Lipinski definition) is 0. The van der Waals surface area contributed by atoms with Crippen LogP contribution in [0.4, 0.5) is 5.69 Å². The quantitative estimate of drug-likeness (QED) is 0.609. The van der Waals surface area contributed by atoms with Gasteiger partial charge in [-0.15, -0.1) is 0 Å². The van der Waals surface area contributed by atoms with Crippen LogP contribution in [0.3, 0.4) is 0 Å². The number of carbonyl (C=O) groups is 1. The van der Waals surface area contributed by atoms with Gasteiger partial charge in [0.1, 0.15) is 12.4 Å². The van der Waals surface area contributed by atoms with Crippen molar-refractivity contribution in [2.24, 2.45) is 5.92 Å². The molecule has 2 aliphatic rings. The Balaban J connectivity index is 1.59. The molecule has 0 radical (unpaired) electrons. The molecule has 0 unspecified atom stereocenters. The Labute approximate surface area is 110 Å². The standard InChI is InChI=1S/C12H16N4O3/c17-12(9-1-2-9)14-5-3-10(4-6-14)15-8-11(7-13-15)16(18)19/h7-10H,1-6H2. The average molecular weight is 264 g/mol. The van der Waals surface area contributed by atoms with Crippen LogP contribution in [0.5, 0.6) is 0 Å². The maximum Gasteiger partial charge on any atom is 0.307 e. The van der Waals surface area contributed by atoms with E-state index in [1.807, 2.05) is 4.90 Å². The molecule has 19 heavy (non-hydrogen) atoms. The molecule has 0 spiro atoms. The SMILES string of the molecule is O=C(C1CC1)N1CCC(n2cc([N+](=O)[O-])cn2)CC1. The molecule has 1 aliphatic heterocycles. The Morgan fingerprint density at radius 2 is 2.00 bits per heavy atom. The molecule has 1 aromatic rings. The normalized spacial score (nSPS) is 20.5. The van der Waals surface area contributed by atoms with Crippen molar-refractivity contribution in [3.8, 4) is 0 Å². The third-order valence-electron chi connectivity index (χ3n) is 3.88. The van der Waals surface area contributed by atoms with Gasteiger partial charge in [-0.05, 0) is 25.7 Å². The van der Waals surface area contributed by atoms with Gasteiger partial charge in [0.15, 0.2) is 0 Å². The first kappa shape index (κ1) is 12.1. The predicted molar refractivity (Wildman–Crippen MR) is 66.5 cm³/mol. The minimum absolute atomic E-state index is 0.0245. The Morgan fingerprint density at radius 3 is 2.53 bits per heavy atom. The number of carbonyl (C=O) groups excluding carboxylic acids is 1. The van der Waals surface area contributed by atoms with Crippen LogP contribution in [0.15, 0.2) is 12.4 Å². The monoisotopic (exact) mass is 264 g/mol. The molecule has 7 nitrogen and oxygen atoms in total. The molecule has 0 N–H and O–H groups in total. The van der Waals surface area contributed by atoms with Gasteiger partial charge in [0.25, 0.3) is 0 Å². The second-order valence-electron chi connectivity index (χ2n) is 5.27. The highest BCUT2D eigenvalue weighted by molar-refractivity contribution is 5.81. The Bertz CT molecular complexity index is 501. The van der Waals surface area contributed by atoms with Crippen molar-refractivity contribution in [1.29, 1.82) is 0 Å². The second kappa shape index (κ2) is 4.64. The van der Waals surface area contributed by atoms with E-state index in [4.69, 9.17) is 0 Å². The Morgan fingerprint density at radius 1 is 1.32 bits per heavy atom. The van der Waals surface area contributed by atoms with Crippen molar-refractivity contribution in [3.63, 3.8) is 0 Å². The highest BCUT2D eigenvalue weighted by Gasteiger charge is 2.35. The summed E-state index contributed by atoms with van der Waals surface area (Å²) in [6, 6.07) is 0.164. The summed E-state index contributed by atoms with van der Waals surface area (Å²) in [6.07, 6.45) is 6.45. The summed E-state index contributed by atoms with van der Waals surface area (Å²) in [6.45, 7) is 1.46. The van der Waals surface area contributed by atoms with Gasteiger partial charge in [0.2, 0.25) is 5.91 Å².